The minimum Gasteiger partial charge on any atom is -0.352 e. The van der Waals surface area contributed by atoms with Crippen LogP contribution in [0.15, 0.2) is 42.5 Å². The molecule has 1 unspecified atom stereocenters. The Balaban J connectivity index is 1.91. The Hall–Kier alpha value is -2.00. The van der Waals surface area contributed by atoms with Crippen LogP contribution in [0.1, 0.15) is 44.6 Å². The number of hydrogen-bond donors (Lipinski definition) is 1. The van der Waals surface area contributed by atoms with Gasteiger partial charge < -0.3 is 10.2 Å². The first-order valence-electron chi connectivity index (χ1n) is 11.7. The largest absolute Gasteiger partial charge is 0.352 e. The van der Waals surface area contributed by atoms with Crippen molar-refractivity contribution in [3.63, 3.8) is 0 Å². The Morgan fingerprint density at radius 2 is 1.58 bits per heavy atom. The Morgan fingerprint density at radius 1 is 1.00 bits per heavy atom. The van der Waals surface area contributed by atoms with Crippen molar-refractivity contribution in [2.75, 3.05) is 17.1 Å². The third kappa shape index (κ3) is 7.51. The summed E-state index contributed by atoms with van der Waals surface area (Å²) in [7, 11) is -3.83. The summed E-state index contributed by atoms with van der Waals surface area (Å²) in [6.07, 6.45) is 6.03. The third-order valence-electron chi connectivity index (χ3n) is 6.30. The van der Waals surface area contributed by atoms with Crippen molar-refractivity contribution in [2.24, 2.45) is 0 Å². The summed E-state index contributed by atoms with van der Waals surface area (Å²) in [4.78, 5) is 28.1. The molecule has 0 spiro atoms. The number of sulfonamides is 1. The monoisotopic (exact) mass is 573 g/mol. The van der Waals surface area contributed by atoms with Crippen molar-refractivity contribution in [3.05, 3.63) is 63.1 Å². The first-order chi connectivity index (χ1) is 17.0. The van der Waals surface area contributed by atoms with E-state index in [1.54, 1.807) is 37.3 Å². The van der Waals surface area contributed by atoms with Gasteiger partial charge in [0, 0.05) is 33.2 Å². The molecule has 1 saturated carbocycles. The summed E-state index contributed by atoms with van der Waals surface area (Å²) in [5, 5.41) is 4.17. The van der Waals surface area contributed by atoms with E-state index in [1.807, 2.05) is 0 Å². The van der Waals surface area contributed by atoms with Crippen LogP contribution in [0.25, 0.3) is 0 Å². The van der Waals surface area contributed by atoms with E-state index in [0.29, 0.717) is 20.6 Å². The molecule has 1 N–H and O–H groups in total. The van der Waals surface area contributed by atoms with Gasteiger partial charge in [-0.25, -0.2) is 8.42 Å². The molecule has 0 radical (unpaired) electrons. The fourth-order valence-electron chi connectivity index (χ4n) is 4.23. The van der Waals surface area contributed by atoms with E-state index in [2.05, 4.69) is 5.32 Å². The van der Waals surface area contributed by atoms with Crippen molar-refractivity contribution in [1.29, 1.82) is 0 Å². The van der Waals surface area contributed by atoms with Crippen molar-refractivity contribution in [1.82, 2.24) is 10.2 Å². The molecule has 0 aromatic heterocycles. The molecule has 1 fully saturated rings. The van der Waals surface area contributed by atoms with Gasteiger partial charge in [0.2, 0.25) is 21.8 Å². The van der Waals surface area contributed by atoms with E-state index in [4.69, 9.17) is 34.8 Å². The van der Waals surface area contributed by atoms with Gasteiger partial charge in [-0.2, -0.15) is 0 Å². The van der Waals surface area contributed by atoms with Crippen molar-refractivity contribution >= 4 is 62.3 Å². The van der Waals surface area contributed by atoms with Crippen molar-refractivity contribution < 1.29 is 18.0 Å². The van der Waals surface area contributed by atoms with Gasteiger partial charge >= 0.3 is 0 Å². The molecule has 0 bridgehead atoms. The summed E-state index contributed by atoms with van der Waals surface area (Å²) in [6.45, 7) is 1.05. The second-order valence-electron chi connectivity index (χ2n) is 8.99. The molecule has 2 aromatic carbocycles. The molecular formula is C25H30Cl3N3O4S. The lowest BCUT2D eigenvalue weighted by molar-refractivity contribution is -0.139. The highest BCUT2D eigenvalue weighted by atomic mass is 35.5. The van der Waals surface area contributed by atoms with Crippen LogP contribution in [0.4, 0.5) is 5.69 Å². The third-order valence-corrected chi connectivity index (χ3v) is 8.40. The van der Waals surface area contributed by atoms with Crippen molar-refractivity contribution in [2.45, 2.75) is 57.7 Å². The second-order valence-corrected chi connectivity index (χ2v) is 12.1. The number of nitrogens with zero attached hydrogens (tertiary/aromatic N) is 2. The van der Waals surface area contributed by atoms with Crippen LogP contribution in [-0.2, 0) is 26.2 Å². The van der Waals surface area contributed by atoms with Gasteiger partial charge in [0.05, 0.1) is 11.9 Å². The van der Waals surface area contributed by atoms with Gasteiger partial charge in [0.15, 0.2) is 0 Å². The number of carbonyl (C=O) groups is 2. The molecule has 2 aromatic rings. The molecule has 1 aliphatic carbocycles. The smallest absolute Gasteiger partial charge is 0.244 e. The number of rotatable bonds is 9. The number of benzene rings is 2. The van der Waals surface area contributed by atoms with Gasteiger partial charge in [-0.1, -0.05) is 60.1 Å². The van der Waals surface area contributed by atoms with Crippen LogP contribution < -0.4 is 9.62 Å². The van der Waals surface area contributed by atoms with Gasteiger partial charge in [-0.15, -0.1) is 0 Å². The first kappa shape index (κ1) is 28.6. The van der Waals surface area contributed by atoms with Gasteiger partial charge in [0.1, 0.15) is 12.6 Å². The maximum Gasteiger partial charge on any atom is 0.244 e. The SMILES string of the molecule is CC(C(=O)NC1CCCCC1)N(Cc1c(Cl)cccc1Cl)C(=O)CN(c1ccc(Cl)cc1)S(C)(=O)=O. The van der Waals surface area contributed by atoms with Gasteiger partial charge in [-0.3, -0.25) is 13.9 Å². The highest BCUT2D eigenvalue weighted by Crippen LogP contribution is 2.28. The van der Waals surface area contributed by atoms with E-state index in [0.717, 1.165) is 42.7 Å². The van der Waals surface area contributed by atoms with Gasteiger partial charge in [-0.05, 0) is 56.2 Å². The molecule has 0 heterocycles. The Labute approximate surface area is 227 Å². The summed E-state index contributed by atoms with van der Waals surface area (Å²) >= 11 is 18.7. The molecular weight excluding hydrogens is 545 g/mol. The zero-order valence-electron chi connectivity index (χ0n) is 20.2. The van der Waals surface area contributed by atoms with E-state index < -0.39 is 28.5 Å². The van der Waals surface area contributed by atoms with Crippen molar-refractivity contribution in [3.8, 4) is 0 Å². The number of anilines is 1. The summed E-state index contributed by atoms with van der Waals surface area (Å²) in [6, 6.07) is 10.3. The van der Waals surface area contributed by atoms with E-state index in [1.165, 1.54) is 17.0 Å². The molecule has 11 heteroatoms. The predicted molar refractivity (Wildman–Crippen MR) is 145 cm³/mol. The number of nitrogens with one attached hydrogen (secondary N) is 1. The van der Waals surface area contributed by atoms with Crippen LogP contribution in [0.3, 0.4) is 0 Å². The van der Waals surface area contributed by atoms with Crippen LogP contribution in [-0.4, -0.2) is 50.0 Å². The molecule has 1 aliphatic rings. The molecule has 36 heavy (non-hydrogen) atoms. The Morgan fingerprint density at radius 3 is 2.14 bits per heavy atom. The lowest BCUT2D eigenvalue weighted by Gasteiger charge is -2.33. The standard InChI is InChI=1S/C25H30Cl3N3O4S/c1-17(25(33)29-19-7-4-3-5-8-19)30(15-21-22(27)9-6-10-23(21)28)24(32)16-31(36(2,34)35)20-13-11-18(26)12-14-20/h6,9-14,17,19H,3-5,7-8,15-16H2,1-2H3,(H,29,33). The van der Waals surface area contributed by atoms with E-state index >= 15 is 0 Å². The summed E-state index contributed by atoms with van der Waals surface area (Å²) in [5.74, 6) is -0.881. The molecule has 3 rings (SSSR count). The molecule has 0 aliphatic heterocycles. The quantitative estimate of drug-likeness (QED) is 0.442. The number of carbonyl (C=O) groups excluding carboxylic acids is 2. The minimum atomic E-state index is -3.83. The average molecular weight is 575 g/mol. The zero-order chi connectivity index (χ0) is 26.5. The Bertz CT molecular complexity index is 1170. The maximum absolute atomic E-state index is 13.6. The molecule has 7 nitrogen and oxygen atoms in total. The first-order valence-corrected chi connectivity index (χ1v) is 14.7. The topological polar surface area (TPSA) is 86.8 Å². The van der Waals surface area contributed by atoms with Crippen LogP contribution >= 0.6 is 34.8 Å². The minimum absolute atomic E-state index is 0.0520. The Kier molecular flexibility index (Phi) is 9.92. The fourth-order valence-corrected chi connectivity index (χ4v) is 5.72. The molecule has 2 amide bonds. The normalized spacial score (nSPS) is 15.2. The number of amides is 2. The van der Waals surface area contributed by atoms with Crippen LogP contribution in [0.2, 0.25) is 15.1 Å². The van der Waals surface area contributed by atoms with Gasteiger partial charge in [0.25, 0.3) is 0 Å². The second kappa shape index (κ2) is 12.5. The highest BCUT2D eigenvalue weighted by Gasteiger charge is 2.32. The lowest BCUT2D eigenvalue weighted by atomic mass is 9.95. The average Bonchev–Trinajstić information content (AvgIpc) is 2.82. The zero-order valence-corrected chi connectivity index (χ0v) is 23.3. The van der Waals surface area contributed by atoms with E-state index in [9.17, 15) is 18.0 Å². The predicted octanol–water partition coefficient (Wildman–Crippen LogP) is 5.28. The van der Waals surface area contributed by atoms with Crippen LogP contribution in [0.5, 0.6) is 0 Å². The highest BCUT2D eigenvalue weighted by molar-refractivity contribution is 7.92. The number of hydrogen-bond acceptors (Lipinski definition) is 4. The molecule has 1 atom stereocenters. The van der Waals surface area contributed by atoms with Crippen LogP contribution in [0, 0.1) is 0 Å². The summed E-state index contributed by atoms with van der Waals surface area (Å²) < 4.78 is 26.2. The number of halogens is 3. The molecule has 0 saturated heterocycles. The summed E-state index contributed by atoms with van der Waals surface area (Å²) in [5.41, 5.74) is 0.759. The fraction of sp³-hybridized carbons (Fsp3) is 0.440. The lowest BCUT2D eigenvalue weighted by Crippen LogP contribution is -2.53. The van der Waals surface area contributed by atoms with E-state index in [-0.39, 0.29) is 24.2 Å². The maximum atomic E-state index is 13.6. The molecule has 196 valence electrons.